The summed E-state index contributed by atoms with van der Waals surface area (Å²) in [5.74, 6) is 0. The van der Waals surface area contributed by atoms with Gasteiger partial charge in [-0.3, -0.25) is 4.90 Å². The van der Waals surface area contributed by atoms with Crippen LogP contribution in [0.4, 0.5) is 0 Å². The van der Waals surface area contributed by atoms with Crippen molar-refractivity contribution in [3.8, 4) is 0 Å². The monoisotopic (exact) mass is 251 g/mol. The standard InChI is InChI=1S/C16H17N3/c1-2-4-14-11(3-1)12-5-8-18-10-7-17-13-6-9-19(14)15(12)16(13)18/h1-4,6,9,13,16-17H,5,7-8,10H2/t13-,16+/m0/s1. The first-order chi connectivity index (χ1) is 9.43. The zero-order valence-electron chi connectivity index (χ0n) is 10.8. The molecule has 1 aromatic heterocycles. The van der Waals surface area contributed by atoms with Gasteiger partial charge < -0.3 is 9.88 Å². The van der Waals surface area contributed by atoms with E-state index in [1.165, 1.54) is 36.1 Å². The number of aromatic nitrogens is 1. The molecule has 0 bridgehead atoms. The Bertz CT molecular complexity index is 697. The van der Waals surface area contributed by atoms with Crippen LogP contribution in [0.2, 0.25) is 0 Å². The number of piperazine rings is 1. The molecule has 0 amide bonds. The second kappa shape index (κ2) is 3.50. The van der Waals surface area contributed by atoms with E-state index < -0.39 is 0 Å². The Balaban J connectivity index is 1.87. The highest BCUT2D eigenvalue weighted by Gasteiger charge is 2.40. The van der Waals surface area contributed by atoms with E-state index in [9.17, 15) is 0 Å². The molecule has 19 heavy (non-hydrogen) atoms. The molecule has 1 aromatic carbocycles. The average molecular weight is 251 g/mol. The Morgan fingerprint density at radius 1 is 1.16 bits per heavy atom. The minimum Gasteiger partial charge on any atom is -0.319 e. The number of hydrogen-bond acceptors (Lipinski definition) is 2. The van der Waals surface area contributed by atoms with E-state index in [4.69, 9.17) is 0 Å². The highest BCUT2D eigenvalue weighted by molar-refractivity contribution is 5.88. The summed E-state index contributed by atoms with van der Waals surface area (Å²) >= 11 is 0. The number of hydrogen-bond donors (Lipinski definition) is 1. The van der Waals surface area contributed by atoms with Crippen LogP contribution in [-0.4, -0.2) is 35.1 Å². The Hall–Kier alpha value is -1.58. The summed E-state index contributed by atoms with van der Waals surface area (Å²) in [4.78, 5) is 2.66. The zero-order chi connectivity index (χ0) is 12.4. The van der Waals surface area contributed by atoms with Gasteiger partial charge in [-0.2, -0.15) is 0 Å². The van der Waals surface area contributed by atoms with Crippen LogP contribution < -0.4 is 5.32 Å². The lowest BCUT2D eigenvalue weighted by Crippen LogP contribution is -2.55. The molecule has 96 valence electrons. The lowest BCUT2D eigenvalue weighted by atomic mass is 9.89. The molecular weight excluding hydrogens is 234 g/mol. The molecule has 3 nitrogen and oxygen atoms in total. The van der Waals surface area contributed by atoms with Crippen molar-refractivity contribution in [2.24, 2.45) is 0 Å². The molecule has 3 aliphatic heterocycles. The van der Waals surface area contributed by atoms with Crippen LogP contribution in [0.1, 0.15) is 17.3 Å². The van der Waals surface area contributed by atoms with Crippen molar-refractivity contribution in [3.63, 3.8) is 0 Å². The molecule has 0 aliphatic carbocycles. The summed E-state index contributed by atoms with van der Waals surface area (Å²) < 4.78 is 2.42. The zero-order valence-corrected chi connectivity index (χ0v) is 10.8. The third-order valence-electron chi connectivity index (χ3n) is 4.94. The van der Waals surface area contributed by atoms with Gasteiger partial charge in [-0.25, -0.2) is 0 Å². The van der Waals surface area contributed by atoms with Crippen molar-refractivity contribution in [3.05, 3.63) is 41.6 Å². The third-order valence-corrected chi connectivity index (χ3v) is 4.94. The van der Waals surface area contributed by atoms with Crippen molar-refractivity contribution in [1.82, 2.24) is 14.8 Å². The Morgan fingerprint density at radius 2 is 2.11 bits per heavy atom. The summed E-state index contributed by atoms with van der Waals surface area (Å²) in [7, 11) is 0. The topological polar surface area (TPSA) is 20.2 Å². The SMILES string of the molecule is C1=Cn2c3c(c4ccccc42)CCN2CCN[C@@H]1[C@H]32. The van der Waals surface area contributed by atoms with E-state index in [1.54, 1.807) is 5.56 Å². The first-order valence-electron chi connectivity index (χ1n) is 7.21. The van der Waals surface area contributed by atoms with Gasteiger partial charge in [-0.1, -0.05) is 18.2 Å². The maximum Gasteiger partial charge on any atom is 0.0699 e. The molecular formula is C16H17N3. The Morgan fingerprint density at radius 3 is 3.11 bits per heavy atom. The molecule has 4 heterocycles. The van der Waals surface area contributed by atoms with E-state index in [0.717, 1.165) is 6.54 Å². The molecule has 0 spiro atoms. The first kappa shape index (κ1) is 10.2. The lowest BCUT2D eigenvalue weighted by Gasteiger charge is -2.45. The van der Waals surface area contributed by atoms with Crippen LogP contribution >= 0.6 is 0 Å². The maximum absolute atomic E-state index is 3.66. The highest BCUT2D eigenvalue weighted by Crippen LogP contribution is 2.42. The molecule has 1 N–H and O–H groups in total. The van der Waals surface area contributed by atoms with E-state index >= 15 is 0 Å². The van der Waals surface area contributed by atoms with Crippen LogP contribution in [0.15, 0.2) is 30.3 Å². The predicted octanol–water partition coefficient (Wildman–Crippen LogP) is 2.00. The normalized spacial score (nSPS) is 28.6. The molecule has 0 saturated carbocycles. The van der Waals surface area contributed by atoms with Crippen LogP contribution in [0.3, 0.4) is 0 Å². The third kappa shape index (κ3) is 1.20. The molecule has 1 saturated heterocycles. The van der Waals surface area contributed by atoms with Crippen molar-refractivity contribution >= 4 is 17.1 Å². The summed E-state index contributed by atoms with van der Waals surface area (Å²) in [5.41, 5.74) is 4.48. The fraction of sp³-hybridized carbons (Fsp3) is 0.375. The minimum atomic E-state index is 0.490. The molecule has 0 unspecified atom stereocenters. The number of para-hydroxylation sites is 1. The van der Waals surface area contributed by atoms with Gasteiger partial charge in [0.25, 0.3) is 0 Å². The van der Waals surface area contributed by atoms with Crippen LogP contribution in [0.5, 0.6) is 0 Å². The van der Waals surface area contributed by atoms with Gasteiger partial charge >= 0.3 is 0 Å². The first-order valence-corrected chi connectivity index (χ1v) is 7.21. The van der Waals surface area contributed by atoms with E-state index in [0.29, 0.717) is 12.1 Å². The average Bonchev–Trinajstić information content (AvgIpc) is 2.81. The quantitative estimate of drug-likeness (QED) is 0.773. The second-order valence-electron chi connectivity index (χ2n) is 5.80. The van der Waals surface area contributed by atoms with Crippen molar-refractivity contribution in [2.75, 3.05) is 19.6 Å². The summed E-state index contributed by atoms with van der Waals surface area (Å²) in [6.45, 7) is 3.49. The summed E-state index contributed by atoms with van der Waals surface area (Å²) in [6, 6.07) is 9.87. The van der Waals surface area contributed by atoms with Gasteiger partial charge in [0, 0.05) is 43.0 Å². The Labute approximate surface area is 112 Å². The Kier molecular flexibility index (Phi) is 1.88. The summed E-state index contributed by atoms with van der Waals surface area (Å²) in [6.07, 6.45) is 5.80. The number of rotatable bonds is 0. The molecule has 2 aromatic rings. The molecule has 3 aliphatic rings. The van der Waals surface area contributed by atoms with Gasteiger partial charge in [0.2, 0.25) is 0 Å². The second-order valence-corrected chi connectivity index (χ2v) is 5.80. The number of nitrogens with zero attached hydrogens (tertiary/aromatic N) is 2. The van der Waals surface area contributed by atoms with Crippen LogP contribution in [-0.2, 0) is 6.42 Å². The summed E-state index contributed by atoms with van der Waals surface area (Å²) in [5, 5.41) is 5.11. The van der Waals surface area contributed by atoms with E-state index in [2.05, 4.69) is 51.3 Å². The van der Waals surface area contributed by atoms with E-state index in [-0.39, 0.29) is 0 Å². The fourth-order valence-electron chi connectivity index (χ4n) is 4.15. The fourth-order valence-corrected chi connectivity index (χ4v) is 4.15. The predicted molar refractivity (Wildman–Crippen MR) is 77.1 cm³/mol. The number of nitrogens with one attached hydrogen (secondary N) is 1. The van der Waals surface area contributed by atoms with Gasteiger partial charge in [-0.05, 0) is 24.1 Å². The number of fused-ring (bicyclic) bond motifs is 3. The largest absolute Gasteiger partial charge is 0.319 e. The minimum absolute atomic E-state index is 0.490. The van der Waals surface area contributed by atoms with Gasteiger partial charge in [0.05, 0.1) is 11.6 Å². The van der Waals surface area contributed by atoms with Gasteiger partial charge in [-0.15, -0.1) is 0 Å². The smallest absolute Gasteiger partial charge is 0.0699 e. The van der Waals surface area contributed by atoms with Crippen molar-refractivity contribution in [2.45, 2.75) is 18.5 Å². The molecule has 1 fully saturated rings. The molecule has 0 radical (unpaired) electrons. The van der Waals surface area contributed by atoms with Gasteiger partial charge in [0.15, 0.2) is 0 Å². The van der Waals surface area contributed by atoms with E-state index in [1.807, 2.05) is 0 Å². The van der Waals surface area contributed by atoms with Crippen molar-refractivity contribution in [1.29, 1.82) is 0 Å². The maximum atomic E-state index is 3.66. The molecule has 3 heteroatoms. The molecule has 2 atom stereocenters. The molecule has 5 rings (SSSR count). The van der Waals surface area contributed by atoms with Crippen molar-refractivity contribution < 1.29 is 0 Å². The van der Waals surface area contributed by atoms with Crippen LogP contribution in [0, 0.1) is 0 Å². The lowest BCUT2D eigenvalue weighted by molar-refractivity contribution is 0.120. The van der Waals surface area contributed by atoms with Gasteiger partial charge in [0.1, 0.15) is 0 Å². The van der Waals surface area contributed by atoms with Crippen LogP contribution in [0.25, 0.3) is 17.1 Å². The number of benzene rings is 1. The highest BCUT2D eigenvalue weighted by atomic mass is 15.3.